The highest BCUT2D eigenvalue weighted by Gasteiger charge is 2.24. The molecule has 0 unspecified atom stereocenters. The van der Waals surface area contributed by atoms with E-state index in [4.69, 9.17) is 0 Å². The van der Waals surface area contributed by atoms with Crippen molar-refractivity contribution in [3.8, 4) is 22.9 Å². The molecule has 2 aliphatic rings. The summed E-state index contributed by atoms with van der Waals surface area (Å²) >= 11 is 0. The zero-order valence-electron chi connectivity index (χ0n) is 13.1. The Hall–Kier alpha value is -2.97. The van der Waals surface area contributed by atoms with Crippen molar-refractivity contribution in [3.63, 3.8) is 0 Å². The van der Waals surface area contributed by atoms with Crippen LogP contribution in [0.2, 0.25) is 0 Å². The van der Waals surface area contributed by atoms with Gasteiger partial charge in [0.25, 0.3) is 11.5 Å². The molecule has 0 N–H and O–H groups in total. The predicted octanol–water partition coefficient (Wildman–Crippen LogP) is 1.15. The molecule has 9 heteroatoms. The van der Waals surface area contributed by atoms with Crippen LogP contribution >= 0.6 is 0 Å². The van der Waals surface area contributed by atoms with Crippen LogP contribution in [0.25, 0.3) is 22.9 Å². The van der Waals surface area contributed by atoms with E-state index in [0.29, 0.717) is 5.56 Å². The number of hydrogen-bond donors (Lipinski definition) is 0. The Morgan fingerprint density at radius 1 is 1.04 bits per heavy atom. The second kappa shape index (κ2) is 5.29. The maximum Gasteiger partial charge on any atom is 0.352 e. The fourth-order valence-electron chi connectivity index (χ4n) is 2.24. The highest BCUT2D eigenvalue weighted by molar-refractivity contribution is 5.59. The molecule has 0 atom stereocenters. The lowest BCUT2D eigenvalue weighted by molar-refractivity contribution is 0.0175. The van der Waals surface area contributed by atoms with E-state index in [1.54, 1.807) is 0 Å². The molecule has 0 spiro atoms. The van der Waals surface area contributed by atoms with Crippen LogP contribution in [-0.4, -0.2) is 24.3 Å². The van der Waals surface area contributed by atoms with Gasteiger partial charge in [-0.25, -0.2) is 23.2 Å². The summed E-state index contributed by atoms with van der Waals surface area (Å²) in [6, 6.07) is 5.46. The van der Waals surface area contributed by atoms with Gasteiger partial charge in [-0.05, 0) is 0 Å². The molecule has 0 radical (unpaired) electrons. The normalized spacial score (nSPS) is 11.9. The van der Waals surface area contributed by atoms with Gasteiger partial charge in [-0.2, -0.15) is 10.1 Å². The van der Waals surface area contributed by atoms with Gasteiger partial charge in [0.15, 0.2) is 17.3 Å². The minimum atomic E-state index is -2.95. The van der Waals surface area contributed by atoms with E-state index in [-0.39, 0.29) is 22.9 Å². The van der Waals surface area contributed by atoms with Gasteiger partial charge in [-0.15, -0.1) is 0 Å². The average Bonchev–Trinajstić information content (AvgIpc) is 2.53. The van der Waals surface area contributed by atoms with E-state index in [1.807, 2.05) is 0 Å². The molecule has 0 aliphatic carbocycles. The summed E-state index contributed by atoms with van der Waals surface area (Å²) < 4.78 is 28.7. The van der Waals surface area contributed by atoms with Crippen LogP contribution in [0.5, 0.6) is 0 Å². The molecule has 0 bridgehead atoms. The van der Waals surface area contributed by atoms with Crippen LogP contribution in [0.15, 0.2) is 33.9 Å². The molecule has 24 heavy (non-hydrogen) atoms. The topological polar surface area (TPSA) is 82.7 Å². The number of benzene rings is 1. The van der Waals surface area contributed by atoms with Gasteiger partial charge < -0.3 is 0 Å². The Morgan fingerprint density at radius 2 is 1.67 bits per heavy atom. The largest absolute Gasteiger partial charge is 0.352 e. The first-order valence-electron chi connectivity index (χ1n) is 6.99. The lowest BCUT2D eigenvalue weighted by Crippen LogP contribution is -2.36. The molecule has 3 rings (SSSR count). The first kappa shape index (κ1) is 15.9. The van der Waals surface area contributed by atoms with Gasteiger partial charge in [0, 0.05) is 32.1 Å². The maximum absolute atomic E-state index is 13.3. The molecular formula is C15H13F2N5O2. The lowest BCUT2D eigenvalue weighted by atomic mass is 10.1. The van der Waals surface area contributed by atoms with Crippen molar-refractivity contribution in [1.29, 1.82) is 0 Å². The number of nitrogens with zero attached hydrogens (tertiary/aromatic N) is 5. The van der Waals surface area contributed by atoms with Crippen molar-refractivity contribution in [1.82, 2.24) is 24.3 Å². The van der Waals surface area contributed by atoms with E-state index < -0.39 is 17.2 Å². The van der Waals surface area contributed by atoms with Crippen molar-refractivity contribution in [3.05, 3.63) is 50.7 Å². The summed E-state index contributed by atoms with van der Waals surface area (Å²) in [6.45, 7) is 0.810. The lowest BCUT2D eigenvalue weighted by Gasteiger charge is -2.13. The molecule has 0 amide bonds. The van der Waals surface area contributed by atoms with E-state index in [0.717, 1.165) is 11.5 Å². The standard InChI is InChI=1S/C15H13F2N5O2/c1-15(16,17)9-6-4-8(5-7-9)11-18-10-12(22(3)20-11)19-14(24)21(2)13(10)23/h4-7H,1-3H3. The summed E-state index contributed by atoms with van der Waals surface area (Å²) in [6.07, 6.45) is 0. The molecule has 2 heterocycles. The molecule has 1 aromatic carbocycles. The quantitative estimate of drug-likeness (QED) is 0.703. The van der Waals surface area contributed by atoms with Crippen LogP contribution in [0.3, 0.4) is 0 Å². The monoisotopic (exact) mass is 333 g/mol. The number of hydrogen-bond acceptors (Lipinski definition) is 5. The van der Waals surface area contributed by atoms with Crippen LogP contribution in [0, 0.1) is 0 Å². The number of halogens is 2. The third-order valence-electron chi connectivity index (χ3n) is 3.63. The van der Waals surface area contributed by atoms with Gasteiger partial charge >= 0.3 is 5.69 Å². The first-order valence-corrected chi connectivity index (χ1v) is 6.99. The molecule has 0 fully saturated rings. The third-order valence-corrected chi connectivity index (χ3v) is 3.63. The number of fused-ring (bicyclic) bond motifs is 1. The summed E-state index contributed by atoms with van der Waals surface area (Å²) in [5.74, 6) is -2.71. The summed E-state index contributed by atoms with van der Waals surface area (Å²) in [5.41, 5.74) is -0.983. The molecule has 0 saturated heterocycles. The minimum Gasteiger partial charge on any atom is -0.267 e. The van der Waals surface area contributed by atoms with Crippen LogP contribution in [0.1, 0.15) is 12.5 Å². The van der Waals surface area contributed by atoms with Crippen molar-refractivity contribution in [2.75, 3.05) is 0 Å². The fraction of sp³-hybridized carbons (Fsp3) is 0.267. The SMILES string of the molecule is Cn1nc(-c2ccc(C(C)(F)F)cc2)nc2c(=O)n(C)c(=O)nc1-2. The van der Waals surface area contributed by atoms with Crippen LogP contribution in [-0.2, 0) is 20.0 Å². The van der Waals surface area contributed by atoms with E-state index >= 15 is 0 Å². The number of rotatable bonds is 2. The van der Waals surface area contributed by atoms with Gasteiger partial charge in [0.1, 0.15) is 0 Å². The van der Waals surface area contributed by atoms with Crippen molar-refractivity contribution < 1.29 is 8.78 Å². The zero-order valence-corrected chi connectivity index (χ0v) is 13.1. The Labute approximate surface area is 134 Å². The summed E-state index contributed by atoms with van der Waals surface area (Å²) in [4.78, 5) is 31.7. The number of aryl methyl sites for hydroxylation is 1. The molecule has 124 valence electrons. The van der Waals surface area contributed by atoms with Gasteiger partial charge in [0.05, 0.1) is 0 Å². The smallest absolute Gasteiger partial charge is 0.267 e. The van der Waals surface area contributed by atoms with Crippen LogP contribution in [0.4, 0.5) is 8.78 Å². The van der Waals surface area contributed by atoms with Crippen molar-refractivity contribution in [2.45, 2.75) is 12.8 Å². The second-order valence-corrected chi connectivity index (χ2v) is 5.46. The first-order chi connectivity index (χ1) is 11.2. The van der Waals surface area contributed by atoms with Gasteiger partial charge in [0.2, 0.25) is 0 Å². The molecule has 0 saturated carbocycles. The van der Waals surface area contributed by atoms with Gasteiger partial charge in [-0.1, -0.05) is 24.3 Å². The number of aromatic nitrogens is 5. The van der Waals surface area contributed by atoms with Crippen molar-refractivity contribution >= 4 is 0 Å². The fourth-order valence-corrected chi connectivity index (χ4v) is 2.24. The van der Waals surface area contributed by atoms with Crippen LogP contribution < -0.4 is 11.2 Å². The molecule has 7 nitrogen and oxygen atoms in total. The Balaban J connectivity index is 2.20. The molecular weight excluding hydrogens is 320 g/mol. The highest BCUT2D eigenvalue weighted by atomic mass is 19.3. The van der Waals surface area contributed by atoms with E-state index in [9.17, 15) is 18.4 Å². The maximum atomic E-state index is 13.3. The third kappa shape index (κ3) is 2.57. The Kier molecular flexibility index (Phi) is 3.51. The van der Waals surface area contributed by atoms with Gasteiger partial charge in [-0.3, -0.25) is 9.36 Å². The molecule has 2 aliphatic heterocycles. The highest BCUT2D eigenvalue weighted by Crippen LogP contribution is 2.28. The Morgan fingerprint density at radius 3 is 2.25 bits per heavy atom. The second-order valence-electron chi connectivity index (χ2n) is 5.46. The average molecular weight is 333 g/mol. The minimum absolute atomic E-state index is 0.0190. The molecule has 0 aromatic heterocycles. The molecule has 1 aromatic rings. The summed E-state index contributed by atoms with van der Waals surface area (Å²) in [7, 11) is 2.82. The zero-order chi connectivity index (χ0) is 17.6. The summed E-state index contributed by atoms with van der Waals surface area (Å²) in [5, 5.41) is 4.14. The van der Waals surface area contributed by atoms with E-state index in [2.05, 4.69) is 15.1 Å². The van der Waals surface area contributed by atoms with Crippen molar-refractivity contribution in [2.24, 2.45) is 14.1 Å². The predicted molar refractivity (Wildman–Crippen MR) is 81.9 cm³/mol. The Bertz CT molecular complexity index is 1000. The number of alkyl halides is 2. The van der Waals surface area contributed by atoms with E-state index in [1.165, 1.54) is 43.0 Å².